The van der Waals surface area contributed by atoms with Crippen LogP contribution >= 0.6 is 0 Å². The molecule has 1 heterocycles. The average Bonchev–Trinajstić information content (AvgIpc) is 2.99. The fourth-order valence-electron chi connectivity index (χ4n) is 3.44. The van der Waals surface area contributed by atoms with Crippen LogP contribution in [0.15, 0.2) is 54.6 Å². The van der Waals surface area contributed by atoms with Gasteiger partial charge in [-0.05, 0) is 36.9 Å². The topological polar surface area (TPSA) is 29.3 Å². The molecule has 0 aliphatic carbocycles. The molecule has 0 bridgehead atoms. The van der Waals surface area contributed by atoms with Crippen LogP contribution < -0.4 is 5.73 Å². The number of nitrogens with zero attached hydrogens (tertiary/aromatic N) is 1. The molecule has 1 fully saturated rings. The number of hydrogen-bond acceptors (Lipinski definition) is 2. The van der Waals surface area contributed by atoms with Gasteiger partial charge < -0.3 is 5.73 Å². The van der Waals surface area contributed by atoms with Gasteiger partial charge in [0.2, 0.25) is 0 Å². The Morgan fingerprint density at radius 3 is 2.67 bits per heavy atom. The minimum absolute atomic E-state index is 0.346. The van der Waals surface area contributed by atoms with Gasteiger partial charge in [0, 0.05) is 19.1 Å². The lowest BCUT2D eigenvalue weighted by Crippen LogP contribution is -2.32. The van der Waals surface area contributed by atoms with Crippen molar-refractivity contribution in [1.29, 1.82) is 0 Å². The Labute approximate surface area is 127 Å². The van der Waals surface area contributed by atoms with E-state index in [2.05, 4.69) is 66.4 Å². The summed E-state index contributed by atoms with van der Waals surface area (Å²) in [6, 6.07) is 20.0. The highest BCUT2D eigenvalue weighted by Gasteiger charge is 2.29. The zero-order valence-electron chi connectivity index (χ0n) is 12.7. The molecule has 3 rings (SSSR count). The highest BCUT2D eigenvalue weighted by atomic mass is 15.2. The van der Waals surface area contributed by atoms with Crippen LogP contribution in [0.3, 0.4) is 0 Å². The molecule has 1 aliphatic heterocycles. The molecule has 1 saturated heterocycles. The molecule has 21 heavy (non-hydrogen) atoms. The van der Waals surface area contributed by atoms with Crippen molar-refractivity contribution in [3.63, 3.8) is 0 Å². The van der Waals surface area contributed by atoms with E-state index in [9.17, 15) is 0 Å². The number of benzene rings is 2. The summed E-state index contributed by atoms with van der Waals surface area (Å²) in [5, 5.41) is 0. The molecule has 0 amide bonds. The number of rotatable bonds is 4. The van der Waals surface area contributed by atoms with Gasteiger partial charge in [0.05, 0.1) is 0 Å². The van der Waals surface area contributed by atoms with E-state index in [0.717, 1.165) is 13.1 Å². The molecule has 2 unspecified atom stereocenters. The van der Waals surface area contributed by atoms with Crippen LogP contribution in [0, 0.1) is 6.92 Å². The van der Waals surface area contributed by atoms with Crippen molar-refractivity contribution in [2.45, 2.75) is 25.3 Å². The number of aryl methyl sites for hydroxylation is 1. The van der Waals surface area contributed by atoms with E-state index < -0.39 is 0 Å². The van der Waals surface area contributed by atoms with Crippen LogP contribution in [0.1, 0.15) is 35.1 Å². The Morgan fingerprint density at radius 2 is 1.95 bits per heavy atom. The third-order valence-corrected chi connectivity index (χ3v) is 4.58. The third-order valence-electron chi connectivity index (χ3n) is 4.58. The lowest BCUT2D eigenvalue weighted by atomic mass is 9.98. The average molecular weight is 280 g/mol. The quantitative estimate of drug-likeness (QED) is 0.929. The number of likely N-dealkylation sites (tertiary alicyclic amines) is 1. The Balaban J connectivity index is 1.75. The summed E-state index contributed by atoms with van der Waals surface area (Å²) in [6.07, 6.45) is 1.23. The van der Waals surface area contributed by atoms with Gasteiger partial charge in [0.1, 0.15) is 0 Å². The molecule has 1 aliphatic rings. The number of nitrogens with two attached hydrogens (primary N) is 1. The zero-order valence-corrected chi connectivity index (χ0v) is 12.7. The predicted molar refractivity (Wildman–Crippen MR) is 88.3 cm³/mol. The van der Waals surface area contributed by atoms with E-state index in [1.54, 1.807) is 0 Å². The van der Waals surface area contributed by atoms with Crippen molar-refractivity contribution < 1.29 is 0 Å². The first-order chi connectivity index (χ1) is 10.3. The van der Waals surface area contributed by atoms with Crippen LogP contribution in [-0.2, 0) is 0 Å². The first-order valence-electron chi connectivity index (χ1n) is 7.83. The first-order valence-corrected chi connectivity index (χ1v) is 7.83. The Hall–Kier alpha value is -1.64. The second-order valence-corrected chi connectivity index (χ2v) is 6.06. The fraction of sp³-hybridized carbons (Fsp3) is 0.368. The molecule has 2 atom stereocenters. The number of hydrogen-bond donors (Lipinski definition) is 1. The van der Waals surface area contributed by atoms with E-state index in [1.807, 2.05) is 0 Å². The van der Waals surface area contributed by atoms with E-state index in [0.29, 0.717) is 18.5 Å². The van der Waals surface area contributed by atoms with Gasteiger partial charge in [-0.25, -0.2) is 0 Å². The van der Waals surface area contributed by atoms with Gasteiger partial charge in [-0.1, -0.05) is 60.2 Å². The Morgan fingerprint density at radius 1 is 1.14 bits per heavy atom. The minimum Gasteiger partial charge on any atom is -0.329 e. The van der Waals surface area contributed by atoms with Crippen LogP contribution in [0.4, 0.5) is 0 Å². The monoisotopic (exact) mass is 280 g/mol. The van der Waals surface area contributed by atoms with Gasteiger partial charge in [-0.15, -0.1) is 0 Å². The summed E-state index contributed by atoms with van der Waals surface area (Å²) in [7, 11) is 0. The maximum Gasteiger partial charge on any atom is 0.0470 e. The largest absolute Gasteiger partial charge is 0.329 e. The molecular weight excluding hydrogens is 256 g/mol. The van der Waals surface area contributed by atoms with Gasteiger partial charge in [-0.3, -0.25) is 4.90 Å². The SMILES string of the molecule is Cc1cccc(C(CN)N2CCC(c3ccccc3)C2)c1. The van der Waals surface area contributed by atoms with E-state index in [-0.39, 0.29) is 0 Å². The summed E-state index contributed by atoms with van der Waals surface area (Å²) in [5.41, 5.74) is 10.2. The van der Waals surface area contributed by atoms with Crippen molar-refractivity contribution in [3.05, 3.63) is 71.3 Å². The van der Waals surface area contributed by atoms with Crippen LogP contribution in [0.25, 0.3) is 0 Å². The van der Waals surface area contributed by atoms with E-state index >= 15 is 0 Å². The predicted octanol–water partition coefficient (Wildman–Crippen LogP) is 3.48. The third kappa shape index (κ3) is 3.17. The van der Waals surface area contributed by atoms with Gasteiger partial charge in [-0.2, -0.15) is 0 Å². The Bertz CT molecular complexity index is 579. The van der Waals surface area contributed by atoms with Crippen molar-refractivity contribution >= 4 is 0 Å². The summed E-state index contributed by atoms with van der Waals surface area (Å²) in [5.74, 6) is 0.644. The zero-order chi connectivity index (χ0) is 14.7. The summed E-state index contributed by atoms with van der Waals surface area (Å²) in [4.78, 5) is 2.55. The standard InChI is InChI=1S/C19H24N2/c1-15-6-5-9-17(12-15)19(13-20)21-11-10-18(14-21)16-7-3-2-4-8-16/h2-9,12,18-19H,10-11,13-14,20H2,1H3. The summed E-state index contributed by atoms with van der Waals surface area (Å²) >= 11 is 0. The summed E-state index contributed by atoms with van der Waals surface area (Å²) in [6.45, 7) is 5.08. The maximum absolute atomic E-state index is 6.08. The molecule has 0 spiro atoms. The molecule has 2 aromatic carbocycles. The smallest absolute Gasteiger partial charge is 0.0470 e. The Kier molecular flexibility index (Phi) is 4.37. The van der Waals surface area contributed by atoms with Gasteiger partial charge in [0.25, 0.3) is 0 Å². The van der Waals surface area contributed by atoms with E-state index in [4.69, 9.17) is 5.73 Å². The molecule has 0 aromatic heterocycles. The summed E-state index contributed by atoms with van der Waals surface area (Å²) < 4.78 is 0. The minimum atomic E-state index is 0.346. The molecule has 0 saturated carbocycles. The van der Waals surface area contributed by atoms with E-state index in [1.165, 1.54) is 23.1 Å². The first kappa shape index (κ1) is 14.3. The molecule has 2 nitrogen and oxygen atoms in total. The maximum atomic E-state index is 6.08. The van der Waals surface area contributed by atoms with Gasteiger partial charge >= 0.3 is 0 Å². The molecule has 2 aromatic rings. The van der Waals surface area contributed by atoms with Crippen molar-refractivity contribution in [2.24, 2.45) is 5.73 Å². The molecule has 110 valence electrons. The van der Waals surface area contributed by atoms with Gasteiger partial charge in [0.15, 0.2) is 0 Å². The highest BCUT2D eigenvalue weighted by Crippen LogP contribution is 2.32. The molecular formula is C19H24N2. The normalized spacial score (nSPS) is 20.6. The fourth-order valence-corrected chi connectivity index (χ4v) is 3.44. The van der Waals surface area contributed by atoms with Crippen LogP contribution in [0.5, 0.6) is 0 Å². The molecule has 2 N–H and O–H groups in total. The second kappa shape index (κ2) is 6.42. The van der Waals surface area contributed by atoms with Crippen LogP contribution in [-0.4, -0.2) is 24.5 Å². The lowest BCUT2D eigenvalue weighted by Gasteiger charge is -2.27. The lowest BCUT2D eigenvalue weighted by molar-refractivity contribution is 0.248. The molecule has 2 heteroatoms. The van der Waals surface area contributed by atoms with Crippen molar-refractivity contribution in [3.8, 4) is 0 Å². The van der Waals surface area contributed by atoms with Crippen LogP contribution in [0.2, 0.25) is 0 Å². The van der Waals surface area contributed by atoms with Crippen molar-refractivity contribution in [2.75, 3.05) is 19.6 Å². The van der Waals surface area contributed by atoms with Crippen molar-refractivity contribution in [1.82, 2.24) is 4.90 Å². The second-order valence-electron chi connectivity index (χ2n) is 6.06. The highest BCUT2D eigenvalue weighted by molar-refractivity contribution is 5.27. The molecule has 0 radical (unpaired) electrons.